The quantitative estimate of drug-likeness (QED) is 0.381. The van der Waals surface area contributed by atoms with E-state index in [-0.39, 0.29) is 29.5 Å². The Morgan fingerprint density at radius 1 is 1.17 bits per heavy atom. The normalized spacial score (nSPS) is 17.9. The zero-order valence-electron chi connectivity index (χ0n) is 19.4. The molecule has 0 unspecified atom stereocenters. The van der Waals surface area contributed by atoms with Gasteiger partial charge in [0.25, 0.3) is 11.8 Å². The Bertz CT molecular complexity index is 1390. The SMILES string of the molecule is C[C@@H]1[C@H](NC(=O)c2ccc3nccn3c2)CCCN1c1cnc(C(N)=O)c(Nc2cnn(C)c2)n1. The Hall–Kier alpha value is -4.48. The van der Waals surface area contributed by atoms with E-state index in [0.29, 0.717) is 17.1 Å². The molecule has 180 valence electrons. The molecule has 1 aliphatic heterocycles. The number of aryl methyl sites for hydroxylation is 1. The van der Waals surface area contributed by atoms with E-state index in [1.807, 2.05) is 23.6 Å². The minimum Gasteiger partial charge on any atom is -0.364 e. The minimum atomic E-state index is -0.679. The monoisotopic (exact) mass is 474 g/mol. The highest BCUT2D eigenvalue weighted by atomic mass is 16.2. The predicted octanol–water partition coefficient (Wildman–Crippen LogP) is 1.49. The number of nitrogens with two attached hydrogens (primary N) is 1. The van der Waals surface area contributed by atoms with Gasteiger partial charge in [-0.1, -0.05) is 0 Å². The van der Waals surface area contributed by atoms with Crippen LogP contribution >= 0.6 is 0 Å². The molecular weight excluding hydrogens is 448 g/mol. The number of rotatable bonds is 6. The summed E-state index contributed by atoms with van der Waals surface area (Å²) in [6, 6.07) is 3.44. The van der Waals surface area contributed by atoms with Crippen LogP contribution in [0.25, 0.3) is 5.65 Å². The largest absolute Gasteiger partial charge is 0.364 e. The number of imidazole rings is 1. The van der Waals surface area contributed by atoms with Crippen molar-refractivity contribution in [1.29, 1.82) is 0 Å². The topological polar surface area (TPSA) is 148 Å². The molecule has 0 aromatic carbocycles. The lowest BCUT2D eigenvalue weighted by Crippen LogP contribution is -2.54. The second kappa shape index (κ2) is 9.05. The number of amides is 2. The second-order valence-electron chi connectivity index (χ2n) is 8.58. The van der Waals surface area contributed by atoms with E-state index in [1.165, 1.54) is 0 Å². The number of piperidine rings is 1. The van der Waals surface area contributed by atoms with Crippen LogP contribution in [0.1, 0.15) is 40.6 Å². The van der Waals surface area contributed by atoms with E-state index in [4.69, 9.17) is 5.73 Å². The Morgan fingerprint density at radius 3 is 2.80 bits per heavy atom. The lowest BCUT2D eigenvalue weighted by atomic mass is 9.97. The molecule has 5 rings (SSSR count). The lowest BCUT2D eigenvalue weighted by Gasteiger charge is -2.40. The van der Waals surface area contributed by atoms with Gasteiger partial charge in [0.1, 0.15) is 11.5 Å². The molecule has 1 fully saturated rings. The summed E-state index contributed by atoms with van der Waals surface area (Å²) in [5.41, 5.74) is 7.57. The number of primary amides is 1. The van der Waals surface area contributed by atoms with Crippen molar-refractivity contribution >= 4 is 34.8 Å². The van der Waals surface area contributed by atoms with Crippen LogP contribution in [-0.2, 0) is 7.05 Å². The van der Waals surface area contributed by atoms with Crippen molar-refractivity contribution in [2.75, 3.05) is 16.8 Å². The summed E-state index contributed by atoms with van der Waals surface area (Å²) >= 11 is 0. The number of carbonyl (C=O) groups excluding carboxylic acids is 2. The summed E-state index contributed by atoms with van der Waals surface area (Å²) in [5.74, 6) is 0.0261. The molecule has 12 nitrogen and oxygen atoms in total. The summed E-state index contributed by atoms with van der Waals surface area (Å²) in [6.07, 6.45) is 11.9. The highest BCUT2D eigenvalue weighted by Crippen LogP contribution is 2.26. The Morgan fingerprint density at radius 2 is 2.03 bits per heavy atom. The molecule has 0 aliphatic carbocycles. The van der Waals surface area contributed by atoms with Gasteiger partial charge in [-0.2, -0.15) is 5.10 Å². The lowest BCUT2D eigenvalue weighted by molar-refractivity contribution is 0.0923. The summed E-state index contributed by atoms with van der Waals surface area (Å²) < 4.78 is 3.45. The van der Waals surface area contributed by atoms with Crippen LogP contribution in [0.2, 0.25) is 0 Å². The zero-order valence-corrected chi connectivity index (χ0v) is 19.4. The van der Waals surface area contributed by atoms with Crippen LogP contribution in [-0.4, -0.2) is 59.6 Å². The third kappa shape index (κ3) is 4.50. The third-order valence-corrected chi connectivity index (χ3v) is 6.21. The maximum atomic E-state index is 13.0. The number of nitrogens with one attached hydrogen (secondary N) is 2. The van der Waals surface area contributed by atoms with E-state index in [2.05, 4.69) is 35.6 Å². The Kier molecular flexibility index (Phi) is 5.77. The van der Waals surface area contributed by atoms with E-state index >= 15 is 0 Å². The molecule has 0 spiro atoms. The molecule has 2 amide bonds. The molecule has 12 heteroatoms. The van der Waals surface area contributed by atoms with Gasteiger partial charge in [-0.15, -0.1) is 0 Å². The third-order valence-electron chi connectivity index (χ3n) is 6.21. The minimum absolute atomic E-state index is 0.0435. The van der Waals surface area contributed by atoms with Gasteiger partial charge in [0, 0.05) is 50.5 Å². The maximum absolute atomic E-state index is 13.0. The number of hydrogen-bond donors (Lipinski definition) is 3. The van der Waals surface area contributed by atoms with Crippen LogP contribution in [0.5, 0.6) is 0 Å². The van der Waals surface area contributed by atoms with Gasteiger partial charge in [-0.25, -0.2) is 15.0 Å². The van der Waals surface area contributed by atoms with Crippen LogP contribution in [0.3, 0.4) is 0 Å². The van der Waals surface area contributed by atoms with Gasteiger partial charge in [-0.05, 0) is 31.9 Å². The number of anilines is 3. The summed E-state index contributed by atoms with van der Waals surface area (Å²) in [6.45, 7) is 2.78. The standard InChI is InChI=1S/C23H26N10O2/c1-14-17(29-23(35)15-5-6-18-25-7-9-32(18)12-15)4-3-8-33(14)19-11-26-20(21(24)34)22(30-19)28-16-10-27-31(2)13-16/h5-7,9-14,17H,3-4,8H2,1-2H3,(H2,24,34)(H,28,30)(H,29,35)/t14-,17-/m1/s1. The van der Waals surface area contributed by atoms with Crippen molar-refractivity contribution in [1.82, 2.24) is 34.4 Å². The summed E-state index contributed by atoms with van der Waals surface area (Å²) in [5, 5.41) is 10.4. The van der Waals surface area contributed by atoms with Gasteiger partial charge in [0.05, 0.1) is 23.6 Å². The summed E-state index contributed by atoms with van der Waals surface area (Å²) in [4.78, 5) is 40.2. The van der Waals surface area contributed by atoms with Crippen LogP contribution in [0.4, 0.5) is 17.3 Å². The smallest absolute Gasteiger partial charge is 0.271 e. The number of nitrogens with zero attached hydrogens (tertiary/aromatic N) is 7. The molecule has 0 bridgehead atoms. The molecule has 1 saturated heterocycles. The van der Waals surface area contributed by atoms with E-state index in [1.54, 1.807) is 48.8 Å². The Balaban J connectivity index is 1.36. The predicted molar refractivity (Wildman–Crippen MR) is 130 cm³/mol. The molecule has 0 radical (unpaired) electrons. The van der Waals surface area contributed by atoms with Gasteiger partial charge >= 0.3 is 0 Å². The van der Waals surface area contributed by atoms with E-state index < -0.39 is 5.91 Å². The molecule has 35 heavy (non-hydrogen) atoms. The first-order valence-corrected chi connectivity index (χ1v) is 11.3. The first-order chi connectivity index (χ1) is 16.9. The van der Waals surface area contributed by atoms with E-state index in [9.17, 15) is 9.59 Å². The van der Waals surface area contributed by atoms with Crippen LogP contribution in [0, 0.1) is 0 Å². The molecule has 4 aromatic rings. The van der Waals surface area contributed by atoms with Crippen molar-refractivity contribution in [2.45, 2.75) is 31.8 Å². The number of carbonyl (C=O) groups is 2. The molecule has 2 atom stereocenters. The van der Waals surface area contributed by atoms with E-state index in [0.717, 1.165) is 25.0 Å². The van der Waals surface area contributed by atoms with Crippen molar-refractivity contribution < 1.29 is 9.59 Å². The van der Waals surface area contributed by atoms with Gasteiger partial charge < -0.3 is 25.7 Å². The fraction of sp³-hybridized carbons (Fsp3) is 0.304. The highest BCUT2D eigenvalue weighted by molar-refractivity contribution is 5.96. The Labute approximate surface area is 201 Å². The van der Waals surface area contributed by atoms with Gasteiger partial charge in [-0.3, -0.25) is 14.3 Å². The number of hydrogen-bond acceptors (Lipinski definition) is 8. The average Bonchev–Trinajstić information content (AvgIpc) is 3.48. The maximum Gasteiger partial charge on any atom is 0.271 e. The molecule has 1 aliphatic rings. The molecule has 0 saturated carbocycles. The zero-order chi connectivity index (χ0) is 24.5. The fourth-order valence-electron chi connectivity index (χ4n) is 4.37. The molecule has 4 N–H and O–H groups in total. The molecule has 5 heterocycles. The number of pyridine rings is 1. The van der Waals surface area contributed by atoms with Crippen molar-refractivity contribution in [2.24, 2.45) is 12.8 Å². The highest BCUT2D eigenvalue weighted by Gasteiger charge is 2.31. The van der Waals surface area contributed by atoms with Crippen molar-refractivity contribution in [3.63, 3.8) is 0 Å². The van der Waals surface area contributed by atoms with Crippen LogP contribution in [0.15, 0.2) is 49.3 Å². The van der Waals surface area contributed by atoms with Gasteiger partial charge in [0.2, 0.25) is 0 Å². The first-order valence-electron chi connectivity index (χ1n) is 11.3. The van der Waals surface area contributed by atoms with Gasteiger partial charge in [0.15, 0.2) is 11.5 Å². The summed E-state index contributed by atoms with van der Waals surface area (Å²) in [7, 11) is 1.79. The van der Waals surface area contributed by atoms with Crippen molar-refractivity contribution in [3.8, 4) is 0 Å². The number of aromatic nitrogens is 6. The second-order valence-corrected chi connectivity index (χ2v) is 8.58. The first kappa shape index (κ1) is 22.3. The molecular formula is C23H26N10O2. The molecule has 4 aromatic heterocycles. The fourth-order valence-corrected chi connectivity index (χ4v) is 4.37. The van der Waals surface area contributed by atoms with Crippen molar-refractivity contribution in [3.05, 3.63) is 60.6 Å². The van der Waals surface area contributed by atoms with Crippen LogP contribution < -0.4 is 21.3 Å². The number of fused-ring (bicyclic) bond motifs is 1. The average molecular weight is 475 g/mol.